The van der Waals surface area contributed by atoms with Crippen LogP contribution in [0.25, 0.3) is 0 Å². The van der Waals surface area contributed by atoms with Gasteiger partial charge >= 0.3 is 12.1 Å². The fourth-order valence-corrected chi connectivity index (χ4v) is 6.82. The molecule has 2 saturated carbocycles. The first-order chi connectivity index (χ1) is 17.9. The maximum absolute atomic E-state index is 14.0. The Bertz CT molecular complexity index is 1050. The quantitative estimate of drug-likeness (QED) is 0.469. The molecular weight excluding hydrogens is 506 g/mol. The van der Waals surface area contributed by atoms with Crippen molar-refractivity contribution in [3.05, 3.63) is 15.8 Å². The standard InChI is InChI=1S/C28H41N3O6S/c1-16-5-7-17(8-6-16)25(33)31(21-14-22(28(2,3)4)38-24(21)26(34)35)19-11-9-18(10-12-19)30-27(36)37-20-13-23(32)29-15-20/h14,16-20H,5-13,15H2,1-4H3,(H,29,32)(H,30,36)(H,34,35)/t16?,17?,18?,19?,20-/m1/s1. The van der Waals surface area contributed by atoms with Crippen LogP contribution in [0.1, 0.15) is 100 Å². The van der Waals surface area contributed by atoms with Gasteiger partial charge < -0.3 is 25.4 Å². The van der Waals surface area contributed by atoms with Crippen LogP contribution in [-0.4, -0.2) is 53.7 Å². The lowest BCUT2D eigenvalue weighted by atomic mass is 9.81. The highest BCUT2D eigenvalue weighted by Gasteiger charge is 2.38. The number of nitrogens with zero attached hydrogens (tertiary/aromatic N) is 1. The van der Waals surface area contributed by atoms with Crippen molar-refractivity contribution < 1.29 is 29.0 Å². The van der Waals surface area contributed by atoms with Crippen molar-refractivity contribution in [1.82, 2.24) is 10.6 Å². The molecule has 0 bridgehead atoms. The van der Waals surface area contributed by atoms with Crippen LogP contribution in [0.5, 0.6) is 0 Å². The predicted molar refractivity (Wildman–Crippen MR) is 146 cm³/mol. The average Bonchev–Trinajstić information content (AvgIpc) is 3.47. The summed E-state index contributed by atoms with van der Waals surface area (Å²) in [4.78, 5) is 53.0. The first-order valence-electron chi connectivity index (χ1n) is 13.9. The van der Waals surface area contributed by atoms with E-state index in [1.165, 1.54) is 11.3 Å². The maximum atomic E-state index is 14.0. The molecule has 0 radical (unpaired) electrons. The third-order valence-electron chi connectivity index (χ3n) is 8.11. The van der Waals surface area contributed by atoms with Crippen LogP contribution in [0.3, 0.4) is 0 Å². The summed E-state index contributed by atoms with van der Waals surface area (Å²) in [5.41, 5.74) is 0.286. The van der Waals surface area contributed by atoms with Gasteiger partial charge in [-0.05, 0) is 68.8 Å². The number of hydrogen-bond acceptors (Lipinski definition) is 6. The Morgan fingerprint density at radius 3 is 2.29 bits per heavy atom. The van der Waals surface area contributed by atoms with Crippen molar-refractivity contribution in [3.63, 3.8) is 0 Å². The molecule has 0 unspecified atom stereocenters. The molecule has 38 heavy (non-hydrogen) atoms. The monoisotopic (exact) mass is 547 g/mol. The van der Waals surface area contributed by atoms with Gasteiger partial charge in [-0.3, -0.25) is 9.59 Å². The second-order valence-electron chi connectivity index (χ2n) is 12.2. The number of thiophene rings is 1. The van der Waals surface area contributed by atoms with Gasteiger partial charge in [-0.1, -0.05) is 27.7 Å². The summed E-state index contributed by atoms with van der Waals surface area (Å²) in [6.45, 7) is 8.71. The van der Waals surface area contributed by atoms with E-state index in [0.717, 1.165) is 30.6 Å². The van der Waals surface area contributed by atoms with Crippen LogP contribution in [0.2, 0.25) is 0 Å². The van der Waals surface area contributed by atoms with Crippen molar-refractivity contribution >= 4 is 40.9 Å². The zero-order chi connectivity index (χ0) is 27.6. The summed E-state index contributed by atoms with van der Waals surface area (Å²) in [6.07, 6.45) is 5.51. The summed E-state index contributed by atoms with van der Waals surface area (Å²) in [7, 11) is 0. The van der Waals surface area contributed by atoms with Gasteiger partial charge in [-0.15, -0.1) is 11.3 Å². The lowest BCUT2D eigenvalue weighted by molar-refractivity contribution is -0.124. The zero-order valence-corrected chi connectivity index (χ0v) is 23.7. The Kier molecular flexibility index (Phi) is 8.69. The number of alkyl carbamates (subject to hydrolysis) is 1. The Hall–Kier alpha value is -2.62. The van der Waals surface area contributed by atoms with E-state index in [0.29, 0.717) is 43.8 Å². The van der Waals surface area contributed by atoms with E-state index in [4.69, 9.17) is 4.74 Å². The number of carbonyl (C=O) groups is 4. The third-order valence-corrected chi connectivity index (χ3v) is 9.64. The molecule has 4 rings (SSSR count). The van der Waals surface area contributed by atoms with Crippen LogP contribution >= 0.6 is 11.3 Å². The molecule has 9 nitrogen and oxygen atoms in total. The van der Waals surface area contributed by atoms with Crippen molar-refractivity contribution in [3.8, 4) is 0 Å². The SMILES string of the molecule is CC1CCC(C(=O)N(c2cc(C(C)(C)C)sc2C(=O)O)C2CCC(NC(=O)O[C@H]3CNC(=O)C3)CC2)CC1. The van der Waals surface area contributed by atoms with Gasteiger partial charge in [-0.25, -0.2) is 9.59 Å². The predicted octanol–water partition coefficient (Wildman–Crippen LogP) is 4.83. The summed E-state index contributed by atoms with van der Waals surface area (Å²) in [6, 6.07) is 1.69. The van der Waals surface area contributed by atoms with Crippen LogP contribution in [-0.2, 0) is 19.7 Å². The number of rotatable bonds is 6. The fraction of sp³-hybridized carbons (Fsp3) is 0.714. The lowest BCUT2D eigenvalue weighted by Crippen LogP contribution is -2.49. The molecule has 3 fully saturated rings. The van der Waals surface area contributed by atoms with Crippen molar-refractivity contribution in [2.75, 3.05) is 11.4 Å². The first-order valence-corrected chi connectivity index (χ1v) is 14.7. The zero-order valence-electron chi connectivity index (χ0n) is 22.9. The Morgan fingerprint density at radius 1 is 1.08 bits per heavy atom. The van der Waals surface area contributed by atoms with Gasteiger partial charge in [0.1, 0.15) is 11.0 Å². The summed E-state index contributed by atoms with van der Waals surface area (Å²) < 4.78 is 5.37. The van der Waals surface area contributed by atoms with E-state index in [2.05, 4.69) is 38.3 Å². The second-order valence-corrected chi connectivity index (χ2v) is 13.3. The number of carboxylic acid groups (broad SMARTS) is 1. The molecular formula is C28H41N3O6S. The van der Waals surface area contributed by atoms with E-state index in [9.17, 15) is 24.3 Å². The van der Waals surface area contributed by atoms with Crippen molar-refractivity contribution in [2.24, 2.45) is 11.8 Å². The summed E-state index contributed by atoms with van der Waals surface area (Å²) >= 11 is 1.26. The van der Waals surface area contributed by atoms with Crippen LogP contribution in [0.15, 0.2) is 6.07 Å². The lowest BCUT2D eigenvalue weighted by Gasteiger charge is -2.39. The molecule has 0 spiro atoms. The van der Waals surface area contributed by atoms with Crippen LogP contribution in [0.4, 0.5) is 10.5 Å². The maximum Gasteiger partial charge on any atom is 0.407 e. The van der Waals surface area contributed by atoms with E-state index in [1.807, 2.05) is 6.07 Å². The molecule has 3 aliphatic rings. The Balaban J connectivity index is 1.50. The van der Waals surface area contributed by atoms with E-state index in [-0.39, 0.29) is 46.5 Å². The number of amides is 3. The molecule has 1 aromatic rings. The van der Waals surface area contributed by atoms with Gasteiger partial charge in [-0.2, -0.15) is 0 Å². The highest BCUT2D eigenvalue weighted by atomic mass is 32.1. The van der Waals surface area contributed by atoms with Crippen molar-refractivity contribution in [1.29, 1.82) is 0 Å². The number of aromatic carboxylic acids is 1. The van der Waals surface area contributed by atoms with Crippen LogP contribution in [0, 0.1) is 11.8 Å². The number of ether oxygens (including phenoxy) is 1. The molecule has 2 aliphatic carbocycles. The molecule has 1 aromatic heterocycles. The molecule has 3 amide bonds. The normalized spacial score (nSPS) is 27.9. The molecule has 3 N–H and O–H groups in total. The minimum absolute atomic E-state index is 0.0341. The molecule has 1 saturated heterocycles. The molecule has 1 atom stereocenters. The Labute approximate surface area is 228 Å². The first kappa shape index (κ1) is 28.4. The molecule has 210 valence electrons. The van der Waals surface area contributed by atoms with Gasteiger partial charge in [0.25, 0.3) is 0 Å². The van der Waals surface area contributed by atoms with Gasteiger partial charge in [0, 0.05) is 22.9 Å². The minimum Gasteiger partial charge on any atom is -0.477 e. The molecule has 1 aliphatic heterocycles. The largest absolute Gasteiger partial charge is 0.477 e. The molecule has 0 aromatic carbocycles. The number of anilines is 1. The summed E-state index contributed by atoms with van der Waals surface area (Å²) in [5, 5.41) is 15.6. The highest BCUT2D eigenvalue weighted by molar-refractivity contribution is 7.14. The topological polar surface area (TPSA) is 125 Å². The summed E-state index contributed by atoms with van der Waals surface area (Å²) in [5.74, 6) is -0.584. The van der Waals surface area contributed by atoms with E-state index >= 15 is 0 Å². The number of hydrogen-bond donors (Lipinski definition) is 3. The van der Waals surface area contributed by atoms with Gasteiger partial charge in [0.15, 0.2) is 0 Å². The van der Waals surface area contributed by atoms with E-state index < -0.39 is 18.2 Å². The Morgan fingerprint density at radius 2 is 1.74 bits per heavy atom. The number of nitrogens with one attached hydrogen (secondary N) is 2. The second kappa shape index (κ2) is 11.6. The van der Waals surface area contributed by atoms with E-state index in [1.54, 1.807) is 4.90 Å². The third kappa shape index (κ3) is 6.68. The molecule has 10 heteroatoms. The average molecular weight is 548 g/mol. The minimum atomic E-state index is -1.01. The highest BCUT2D eigenvalue weighted by Crippen LogP contribution is 2.41. The number of carbonyl (C=O) groups excluding carboxylic acids is 3. The van der Waals surface area contributed by atoms with Crippen molar-refractivity contribution in [2.45, 2.75) is 109 Å². The smallest absolute Gasteiger partial charge is 0.407 e. The van der Waals surface area contributed by atoms with Crippen LogP contribution < -0.4 is 15.5 Å². The number of carboxylic acids is 1. The fourth-order valence-electron chi connectivity index (χ4n) is 5.77. The van der Waals surface area contributed by atoms with Gasteiger partial charge in [0.2, 0.25) is 11.8 Å². The van der Waals surface area contributed by atoms with Gasteiger partial charge in [0.05, 0.1) is 18.7 Å². The molecule has 2 heterocycles.